The topological polar surface area (TPSA) is 67.9 Å². The van der Waals surface area contributed by atoms with E-state index in [4.69, 9.17) is 9.47 Å². The Labute approximate surface area is 146 Å². The third-order valence-electron chi connectivity index (χ3n) is 4.20. The summed E-state index contributed by atoms with van der Waals surface area (Å²) in [6, 6.07) is 0. The maximum atomic E-state index is 12.3. The Bertz CT molecular complexity index is 437. The summed E-state index contributed by atoms with van der Waals surface area (Å²) in [6.45, 7) is 15.6. The highest BCUT2D eigenvalue weighted by molar-refractivity contribution is 5.79. The lowest BCUT2D eigenvalue weighted by Crippen LogP contribution is -2.45. The predicted molar refractivity (Wildman–Crippen MR) is 93.8 cm³/mol. The normalized spacial score (nSPS) is 21.0. The van der Waals surface area contributed by atoms with Gasteiger partial charge in [-0.25, -0.2) is 4.79 Å². The number of nitrogens with one attached hydrogen (secondary N) is 1. The quantitative estimate of drug-likeness (QED) is 0.856. The minimum atomic E-state index is -0.518. The number of nitrogens with zero attached hydrogens (tertiary/aromatic N) is 1. The highest BCUT2D eigenvalue weighted by Crippen LogP contribution is 2.25. The summed E-state index contributed by atoms with van der Waals surface area (Å²) in [5, 5.41) is 2.95. The van der Waals surface area contributed by atoms with Crippen molar-refractivity contribution in [3.05, 3.63) is 0 Å². The van der Waals surface area contributed by atoms with Crippen LogP contribution in [0.15, 0.2) is 0 Å². The van der Waals surface area contributed by atoms with E-state index in [0.29, 0.717) is 26.2 Å². The average molecular weight is 342 g/mol. The monoisotopic (exact) mass is 342 g/mol. The third kappa shape index (κ3) is 7.07. The van der Waals surface area contributed by atoms with Gasteiger partial charge in [0.05, 0.1) is 12.6 Å². The van der Waals surface area contributed by atoms with E-state index in [2.05, 4.69) is 5.32 Å². The molecule has 0 saturated carbocycles. The zero-order valence-electron chi connectivity index (χ0n) is 16.3. The van der Waals surface area contributed by atoms with Crippen LogP contribution in [0.3, 0.4) is 0 Å². The predicted octanol–water partition coefficient (Wildman–Crippen LogP) is 2.81. The number of hydrogen-bond donors (Lipinski definition) is 1. The second kappa shape index (κ2) is 8.19. The smallest absolute Gasteiger partial charge is 0.410 e. The summed E-state index contributed by atoms with van der Waals surface area (Å²) in [6.07, 6.45) is 0.228. The zero-order chi connectivity index (χ0) is 18.5. The van der Waals surface area contributed by atoms with Gasteiger partial charge in [0, 0.05) is 25.6 Å². The second-order valence-electron chi connectivity index (χ2n) is 8.61. The van der Waals surface area contributed by atoms with Gasteiger partial charge in [-0.1, -0.05) is 27.7 Å². The molecule has 0 spiro atoms. The minimum Gasteiger partial charge on any atom is -0.444 e. The number of amides is 2. The van der Waals surface area contributed by atoms with Crippen molar-refractivity contribution in [2.75, 3.05) is 26.2 Å². The molecule has 1 saturated heterocycles. The van der Waals surface area contributed by atoms with Crippen LogP contribution in [0.1, 0.15) is 54.9 Å². The van der Waals surface area contributed by atoms with E-state index in [1.165, 1.54) is 0 Å². The maximum Gasteiger partial charge on any atom is 0.410 e. The van der Waals surface area contributed by atoms with Crippen LogP contribution < -0.4 is 5.32 Å². The molecule has 0 aliphatic carbocycles. The second-order valence-corrected chi connectivity index (χ2v) is 8.61. The number of hydrogen-bond acceptors (Lipinski definition) is 4. The Hall–Kier alpha value is -1.30. The van der Waals surface area contributed by atoms with Gasteiger partial charge in [-0.2, -0.15) is 0 Å². The molecule has 2 atom stereocenters. The lowest BCUT2D eigenvalue weighted by molar-refractivity contribution is -0.128. The molecular formula is C18H34N2O4. The molecule has 1 aliphatic heterocycles. The molecule has 0 radical (unpaired) electrons. The average Bonchev–Trinajstić information content (AvgIpc) is 2.66. The van der Waals surface area contributed by atoms with E-state index in [1.54, 1.807) is 4.90 Å². The summed E-state index contributed by atoms with van der Waals surface area (Å²) in [7, 11) is 0. The van der Waals surface area contributed by atoms with Crippen molar-refractivity contribution in [1.29, 1.82) is 0 Å². The van der Waals surface area contributed by atoms with E-state index in [0.717, 1.165) is 6.42 Å². The fourth-order valence-corrected chi connectivity index (χ4v) is 2.27. The number of rotatable bonds is 3. The first kappa shape index (κ1) is 20.7. The van der Waals surface area contributed by atoms with E-state index < -0.39 is 5.60 Å². The highest BCUT2D eigenvalue weighted by Gasteiger charge is 2.29. The third-order valence-corrected chi connectivity index (χ3v) is 4.20. The van der Waals surface area contributed by atoms with Crippen LogP contribution in [0.2, 0.25) is 0 Å². The molecule has 0 unspecified atom stereocenters. The molecule has 0 aromatic heterocycles. The van der Waals surface area contributed by atoms with Gasteiger partial charge >= 0.3 is 6.09 Å². The van der Waals surface area contributed by atoms with Gasteiger partial charge < -0.3 is 19.7 Å². The summed E-state index contributed by atoms with van der Waals surface area (Å²) >= 11 is 0. The van der Waals surface area contributed by atoms with Crippen LogP contribution >= 0.6 is 0 Å². The van der Waals surface area contributed by atoms with Crippen molar-refractivity contribution in [3.63, 3.8) is 0 Å². The van der Waals surface area contributed by atoms with Gasteiger partial charge in [0.25, 0.3) is 0 Å². The van der Waals surface area contributed by atoms with Gasteiger partial charge in [-0.05, 0) is 32.6 Å². The van der Waals surface area contributed by atoms with Crippen molar-refractivity contribution >= 4 is 12.0 Å². The number of carbonyl (C=O) groups excluding carboxylic acids is 2. The molecule has 0 aromatic rings. The molecule has 2 amide bonds. The van der Waals surface area contributed by atoms with Gasteiger partial charge in [-0.3, -0.25) is 4.79 Å². The molecular weight excluding hydrogens is 308 g/mol. The van der Waals surface area contributed by atoms with Crippen molar-refractivity contribution in [3.8, 4) is 0 Å². The van der Waals surface area contributed by atoms with Crippen LogP contribution in [0.25, 0.3) is 0 Å². The van der Waals surface area contributed by atoms with Gasteiger partial charge in [0.1, 0.15) is 5.60 Å². The molecule has 1 N–H and O–H groups in total. The van der Waals surface area contributed by atoms with Gasteiger partial charge in [-0.15, -0.1) is 0 Å². The molecule has 1 fully saturated rings. The van der Waals surface area contributed by atoms with Crippen LogP contribution in [0.4, 0.5) is 4.79 Å². The Morgan fingerprint density at radius 2 is 1.88 bits per heavy atom. The van der Waals surface area contributed by atoms with E-state index >= 15 is 0 Å². The molecule has 1 heterocycles. The zero-order valence-corrected chi connectivity index (χ0v) is 16.3. The largest absolute Gasteiger partial charge is 0.444 e. The van der Waals surface area contributed by atoms with Crippen LogP contribution in [0.5, 0.6) is 0 Å². The molecule has 140 valence electrons. The summed E-state index contributed by atoms with van der Waals surface area (Å²) < 4.78 is 11.2. The first-order chi connectivity index (χ1) is 10.9. The van der Waals surface area contributed by atoms with Crippen molar-refractivity contribution in [2.24, 2.45) is 11.3 Å². The molecule has 1 aliphatic rings. The standard InChI is InChI=1S/C18H34N2O4/c1-13(17(2,3)4)15(21)19-11-14-12-20(9-8-10-23-14)16(22)24-18(5,6)7/h13-14H,8-12H2,1-7H3,(H,19,21)/t13-,14+/m0/s1. The van der Waals surface area contributed by atoms with E-state index in [1.807, 2.05) is 48.5 Å². The summed E-state index contributed by atoms with van der Waals surface area (Å²) in [5.41, 5.74) is -0.604. The van der Waals surface area contributed by atoms with Crippen molar-refractivity contribution < 1.29 is 19.1 Å². The van der Waals surface area contributed by atoms with E-state index in [9.17, 15) is 9.59 Å². The summed E-state index contributed by atoms with van der Waals surface area (Å²) in [5.74, 6) is -0.0793. The fraction of sp³-hybridized carbons (Fsp3) is 0.889. The molecule has 0 bridgehead atoms. The Morgan fingerprint density at radius 3 is 2.42 bits per heavy atom. The molecule has 6 nitrogen and oxygen atoms in total. The molecule has 0 aromatic carbocycles. The van der Waals surface area contributed by atoms with Gasteiger partial charge in [0.2, 0.25) is 5.91 Å². The fourth-order valence-electron chi connectivity index (χ4n) is 2.27. The Kier molecular flexibility index (Phi) is 7.08. The molecule has 1 rings (SSSR count). The Balaban J connectivity index is 2.56. The van der Waals surface area contributed by atoms with Crippen molar-refractivity contribution in [2.45, 2.75) is 66.6 Å². The highest BCUT2D eigenvalue weighted by atomic mass is 16.6. The molecule has 6 heteroatoms. The van der Waals surface area contributed by atoms with Crippen molar-refractivity contribution in [1.82, 2.24) is 10.2 Å². The number of carbonyl (C=O) groups is 2. The molecule has 24 heavy (non-hydrogen) atoms. The van der Waals surface area contributed by atoms with Crippen LogP contribution in [-0.4, -0.2) is 54.8 Å². The number of ether oxygens (including phenoxy) is 2. The lowest BCUT2D eigenvalue weighted by atomic mass is 9.81. The van der Waals surface area contributed by atoms with Gasteiger partial charge in [0.15, 0.2) is 0 Å². The first-order valence-electron chi connectivity index (χ1n) is 8.77. The minimum absolute atomic E-state index is 0.0131. The Morgan fingerprint density at radius 1 is 1.25 bits per heavy atom. The van der Waals surface area contributed by atoms with E-state index in [-0.39, 0.29) is 29.4 Å². The first-order valence-corrected chi connectivity index (χ1v) is 8.77. The van der Waals surface area contributed by atoms with Crippen LogP contribution in [0, 0.1) is 11.3 Å². The maximum absolute atomic E-state index is 12.3. The van der Waals surface area contributed by atoms with Crippen LogP contribution in [-0.2, 0) is 14.3 Å². The summed E-state index contributed by atoms with van der Waals surface area (Å²) in [4.78, 5) is 26.2. The lowest BCUT2D eigenvalue weighted by Gasteiger charge is -2.29. The SMILES string of the molecule is C[C@@H](C(=O)NC[C@@H]1CN(C(=O)OC(C)(C)C)CCCO1)C(C)(C)C.